The summed E-state index contributed by atoms with van der Waals surface area (Å²) in [4.78, 5) is 0. The molecule has 0 radical (unpaired) electrons. The second kappa shape index (κ2) is 6.71. The van der Waals surface area contributed by atoms with Gasteiger partial charge in [0.25, 0.3) is 0 Å². The van der Waals surface area contributed by atoms with Gasteiger partial charge in [-0.3, -0.25) is 5.10 Å². The van der Waals surface area contributed by atoms with E-state index in [9.17, 15) is 5.26 Å². The lowest BCUT2D eigenvalue weighted by atomic mass is 9.83. The van der Waals surface area contributed by atoms with Gasteiger partial charge in [-0.15, -0.1) is 5.10 Å². The van der Waals surface area contributed by atoms with Crippen molar-refractivity contribution in [3.05, 3.63) is 76.1 Å². The first-order chi connectivity index (χ1) is 13.1. The van der Waals surface area contributed by atoms with Crippen LogP contribution in [0.25, 0.3) is 11.3 Å². The number of rotatable bonds is 3. The third-order valence-corrected chi connectivity index (χ3v) is 4.71. The van der Waals surface area contributed by atoms with Crippen LogP contribution in [0.2, 0.25) is 5.02 Å². The molecule has 1 unspecified atom stereocenters. The van der Waals surface area contributed by atoms with Gasteiger partial charge in [0.15, 0.2) is 0 Å². The van der Waals surface area contributed by atoms with E-state index in [4.69, 9.17) is 26.8 Å². The lowest BCUT2D eigenvalue weighted by molar-refractivity contribution is 0.379. The van der Waals surface area contributed by atoms with Gasteiger partial charge in [0.2, 0.25) is 11.8 Å². The quantitative estimate of drug-likeness (QED) is 0.719. The second-order valence-corrected chi connectivity index (χ2v) is 6.47. The number of nitrogens with one attached hydrogen (secondary N) is 1. The van der Waals surface area contributed by atoms with E-state index in [-0.39, 0.29) is 5.88 Å². The predicted molar refractivity (Wildman–Crippen MR) is 101 cm³/mol. The molecule has 3 aromatic rings. The van der Waals surface area contributed by atoms with E-state index in [1.165, 1.54) is 0 Å². The number of allylic oxidation sites excluding steroid dienone is 1. The Balaban J connectivity index is 1.95. The molecule has 1 aromatic heterocycles. The highest BCUT2D eigenvalue weighted by Crippen LogP contribution is 2.46. The first kappa shape index (κ1) is 17.0. The molecule has 1 aliphatic rings. The fraction of sp³-hybridized carbons (Fsp3) is 0.100. The molecule has 0 bridgehead atoms. The molecule has 0 saturated carbocycles. The Morgan fingerprint density at radius 3 is 2.81 bits per heavy atom. The average Bonchev–Trinajstić information content (AvgIpc) is 3.10. The molecule has 0 amide bonds. The fourth-order valence-corrected chi connectivity index (χ4v) is 3.46. The molecule has 2 aromatic carbocycles. The second-order valence-electron chi connectivity index (χ2n) is 6.03. The minimum absolute atomic E-state index is 0.0404. The van der Waals surface area contributed by atoms with Crippen LogP contribution >= 0.6 is 11.6 Å². The van der Waals surface area contributed by atoms with E-state index >= 15 is 0 Å². The summed E-state index contributed by atoms with van der Waals surface area (Å²) in [6.45, 7) is 0. The standard InChI is InChI=1S/C20H15ClN4O2/c1-26-14-7-3-5-12(9-14)18-17-16(11-4-2-6-13(21)8-11)15(10-22)19(23)27-20(17)25-24-18/h2-9,16H,23H2,1H3,(H,24,25). The molecular weight excluding hydrogens is 364 g/mol. The average molecular weight is 379 g/mol. The molecule has 27 heavy (non-hydrogen) atoms. The van der Waals surface area contributed by atoms with E-state index < -0.39 is 5.92 Å². The van der Waals surface area contributed by atoms with Gasteiger partial charge in [-0.05, 0) is 29.8 Å². The van der Waals surface area contributed by atoms with Gasteiger partial charge < -0.3 is 15.2 Å². The minimum Gasteiger partial charge on any atom is -0.497 e. The summed E-state index contributed by atoms with van der Waals surface area (Å²) in [6.07, 6.45) is 0. The number of nitrogens with zero attached hydrogens (tertiary/aromatic N) is 2. The number of methoxy groups -OCH3 is 1. The van der Waals surface area contributed by atoms with Gasteiger partial charge in [0.05, 0.1) is 24.3 Å². The molecule has 4 rings (SSSR count). The monoisotopic (exact) mass is 378 g/mol. The van der Waals surface area contributed by atoms with Crippen LogP contribution in [-0.4, -0.2) is 17.3 Å². The first-order valence-electron chi connectivity index (χ1n) is 8.18. The molecule has 7 heteroatoms. The highest BCUT2D eigenvalue weighted by molar-refractivity contribution is 6.30. The van der Waals surface area contributed by atoms with Crippen molar-refractivity contribution in [1.82, 2.24) is 10.2 Å². The Hall–Kier alpha value is -3.43. The molecular formula is C20H15ClN4O2. The van der Waals surface area contributed by atoms with Crippen molar-refractivity contribution in [1.29, 1.82) is 5.26 Å². The van der Waals surface area contributed by atoms with Crippen LogP contribution in [0.4, 0.5) is 0 Å². The van der Waals surface area contributed by atoms with Gasteiger partial charge in [0.1, 0.15) is 17.4 Å². The van der Waals surface area contributed by atoms with Crippen LogP contribution in [-0.2, 0) is 0 Å². The van der Waals surface area contributed by atoms with Crippen LogP contribution in [0.3, 0.4) is 0 Å². The largest absolute Gasteiger partial charge is 0.497 e. The number of fused-ring (bicyclic) bond motifs is 1. The normalized spacial score (nSPS) is 15.7. The zero-order chi connectivity index (χ0) is 19.0. The number of nitriles is 1. The maximum Gasteiger partial charge on any atom is 0.244 e. The van der Waals surface area contributed by atoms with E-state index in [0.29, 0.717) is 22.2 Å². The lowest BCUT2D eigenvalue weighted by Crippen LogP contribution is -2.21. The predicted octanol–water partition coefficient (Wildman–Crippen LogP) is 3.96. The summed E-state index contributed by atoms with van der Waals surface area (Å²) in [5.41, 5.74) is 9.46. The number of halogens is 1. The van der Waals surface area contributed by atoms with E-state index in [1.54, 1.807) is 13.2 Å². The van der Waals surface area contributed by atoms with Crippen LogP contribution in [0.15, 0.2) is 60.0 Å². The summed E-state index contributed by atoms with van der Waals surface area (Å²) in [6, 6.07) is 17.1. The number of aromatic nitrogens is 2. The van der Waals surface area contributed by atoms with Crippen molar-refractivity contribution in [2.45, 2.75) is 5.92 Å². The van der Waals surface area contributed by atoms with Gasteiger partial charge in [-0.25, -0.2) is 0 Å². The van der Waals surface area contributed by atoms with E-state index in [2.05, 4.69) is 16.3 Å². The molecule has 134 valence electrons. The van der Waals surface area contributed by atoms with Crippen LogP contribution in [0, 0.1) is 11.3 Å². The Morgan fingerprint density at radius 2 is 2.07 bits per heavy atom. The first-order valence-corrected chi connectivity index (χ1v) is 8.56. The van der Waals surface area contributed by atoms with E-state index in [0.717, 1.165) is 22.4 Å². The Morgan fingerprint density at radius 1 is 1.26 bits per heavy atom. The molecule has 0 spiro atoms. The topological polar surface area (TPSA) is 97.0 Å². The molecule has 3 N–H and O–H groups in total. The van der Waals surface area contributed by atoms with Crippen molar-refractivity contribution in [2.24, 2.45) is 5.73 Å². The number of hydrogen-bond acceptors (Lipinski definition) is 5. The van der Waals surface area contributed by atoms with Gasteiger partial charge in [0, 0.05) is 10.6 Å². The number of H-pyrrole nitrogens is 1. The summed E-state index contributed by atoms with van der Waals surface area (Å²) in [5.74, 6) is 0.646. The molecule has 1 atom stereocenters. The molecule has 0 fully saturated rings. The smallest absolute Gasteiger partial charge is 0.244 e. The summed E-state index contributed by atoms with van der Waals surface area (Å²) in [7, 11) is 1.61. The Kier molecular flexibility index (Phi) is 4.22. The lowest BCUT2D eigenvalue weighted by Gasteiger charge is -2.24. The maximum atomic E-state index is 9.72. The van der Waals surface area contributed by atoms with Crippen molar-refractivity contribution in [3.63, 3.8) is 0 Å². The molecule has 0 saturated heterocycles. The van der Waals surface area contributed by atoms with Crippen molar-refractivity contribution in [2.75, 3.05) is 7.11 Å². The van der Waals surface area contributed by atoms with Crippen molar-refractivity contribution < 1.29 is 9.47 Å². The number of aromatic amines is 1. The zero-order valence-electron chi connectivity index (χ0n) is 14.4. The van der Waals surface area contributed by atoms with E-state index in [1.807, 2.05) is 42.5 Å². The molecule has 0 aliphatic carbocycles. The highest BCUT2D eigenvalue weighted by Gasteiger charge is 2.35. The molecule has 2 heterocycles. The van der Waals surface area contributed by atoms with Crippen LogP contribution < -0.4 is 15.2 Å². The SMILES string of the molecule is COc1cccc(-c2[nH]nc3c2C(c2cccc(Cl)c2)C(C#N)=C(N)O3)c1. The number of ether oxygens (including phenoxy) is 2. The Labute approximate surface area is 160 Å². The number of hydrogen-bond donors (Lipinski definition) is 2. The Bertz CT molecular complexity index is 1100. The number of nitrogens with two attached hydrogens (primary N) is 1. The van der Waals surface area contributed by atoms with Crippen molar-refractivity contribution in [3.8, 4) is 29.0 Å². The highest BCUT2D eigenvalue weighted by atomic mass is 35.5. The third-order valence-electron chi connectivity index (χ3n) is 4.48. The van der Waals surface area contributed by atoms with Gasteiger partial charge in [-0.1, -0.05) is 35.9 Å². The fourth-order valence-electron chi connectivity index (χ4n) is 3.26. The summed E-state index contributed by atoms with van der Waals surface area (Å²) < 4.78 is 10.9. The zero-order valence-corrected chi connectivity index (χ0v) is 15.1. The maximum absolute atomic E-state index is 9.72. The molecule has 6 nitrogen and oxygen atoms in total. The van der Waals surface area contributed by atoms with Gasteiger partial charge in [-0.2, -0.15) is 5.26 Å². The summed E-state index contributed by atoms with van der Waals surface area (Å²) in [5, 5.41) is 17.6. The van der Waals surface area contributed by atoms with Gasteiger partial charge >= 0.3 is 0 Å². The van der Waals surface area contributed by atoms with Crippen LogP contribution in [0.5, 0.6) is 11.6 Å². The molecule has 1 aliphatic heterocycles. The third kappa shape index (κ3) is 2.88. The van der Waals surface area contributed by atoms with Crippen molar-refractivity contribution >= 4 is 11.6 Å². The minimum atomic E-state index is -0.447. The summed E-state index contributed by atoms with van der Waals surface area (Å²) >= 11 is 6.19. The van der Waals surface area contributed by atoms with Crippen LogP contribution in [0.1, 0.15) is 17.0 Å². The number of benzene rings is 2.